The molecule has 0 unspecified atom stereocenters. The summed E-state index contributed by atoms with van der Waals surface area (Å²) in [6, 6.07) is 9.42. The lowest BCUT2D eigenvalue weighted by Crippen LogP contribution is -2.40. The summed E-state index contributed by atoms with van der Waals surface area (Å²) >= 11 is 1.29. The Labute approximate surface area is 180 Å². The van der Waals surface area contributed by atoms with Gasteiger partial charge in [-0.2, -0.15) is 9.50 Å². The number of carbonyl (C=O) groups is 1. The van der Waals surface area contributed by atoms with E-state index >= 15 is 0 Å². The van der Waals surface area contributed by atoms with Crippen molar-refractivity contribution in [2.24, 2.45) is 11.7 Å². The van der Waals surface area contributed by atoms with Crippen LogP contribution in [0.3, 0.4) is 0 Å². The lowest BCUT2D eigenvalue weighted by molar-refractivity contribution is -0.123. The Hall–Kier alpha value is -3.24. The Balaban J connectivity index is 1.55. The molecule has 0 bridgehead atoms. The zero-order chi connectivity index (χ0) is 21.5. The second-order valence-electron chi connectivity index (χ2n) is 7.57. The monoisotopic (exact) mass is 441 g/mol. The number of primary amides is 1. The van der Waals surface area contributed by atoms with Crippen LogP contribution in [0.5, 0.6) is 5.88 Å². The minimum absolute atomic E-state index is 0.0448. The fourth-order valence-corrected chi connectivity index (χ4v) is 5.20. The van der Waals surface area contributed by atoms with Gasteiger partial charge in [0.05, 0.1) is 17.2 Å². The molecule has 4 heterocycles. The van der Waals surface area contributed by atoms with Crippen molar-refractivity contribution in [3.05, 3.63) is 58.9 Å². The Morgan fingerprint density at radius 3 is 2.74 bits per heavy atom. The van der Waals surface area contributed by atoms with Crippen LogP contribution in [-0.4, -0.2) is 43.6 Å². The summed E-state index contributed by atoms with van der Waals surface area (Å²) in [6.07, 6.45) is 2.77. The summed E-state index contributed by atoms with van der Waals surface area (Å²) < 4.78 is 20.8. The smallest absolute Gasteiger partial charge is 0.230 e. The second-order valence-corrected chi connectivity index (χ2v) is 8.58. The molecule has 160 valence electrons. The molecule has 1 aliphatic rings. The second kappa shape index (κ2) is 7.78. The average Bonchev–Trinajstić information content (AvgIpc) is 3.48. The van der Waals surface area contributed by atoms with E-state index in [9.17, 15) is 14.3 Å². The highest BCUT2D eigenvalue weighted by molar-refractivity contribution is 7.17. The Kier molecular flexibility index (Phi) is 4.95. The van der Waals surface area contributed by atoms with Crippen molar-refractivity contribution < 1.29 is 18.7 Å². The fourth-order valence-electron chi connectivity index (χ4n) is 4.09. The van der Waals surface area contributed by atoms with Crippen LogP contribution in [0.15, 0.2) is 47.1 Å². The van der Waals surface area contributed by atoms with Gasteiger partial charge in [-0.3, -0.25) is 9.69 Å². The number of aromatic hydroxyl groups is 1. The summed E-state index contributed by atoms with van der Waals surface area (Å²) in [5, 5.41) is 15.4. The number of furan rings is 1. The molecule has 0 aliphatic carbocycles. The maximum Gasteiger partial charge on any atom is 0.230 e. The van der Waals surface area contributed by atoms with Crippen molar-refractivity contribution in [2.75, 3.05) is 13.1 Å². The van der Waals surface area contributed by atoms with E-state index in [0.29, 0.717) is 52.9 Å². The number of hydrogen-bond acceptors (Lipinski definition) is 7. The van der Waals surface area contributed by atoms with Crippen LogP contribution in [0.4, 0.5) is 4.39 Å². The van der Waals surface area contributed by atoms with Crippen molar-refractivity contribution >= 4 is 22.2 Å². The molecule has 8 nitrogen and oxygen atoms in total. The largest absolute Gasteiger partial charge is 0.492 e. The van der Waals surface area contributed by atoms with Gasteiger partial charge in [-0.25, -0.2) is 4.39 Å². The SMILES string of the molecule is NC(=O)C1CCN([C@@H](c2cccc(F)c2)c2sc3nc(-c4ccco4)nn3c2O)CC1. The molecular weight excluding hydrogens is 421 g/mol. The summed E-state index contributed by atoms with van der Waals surface area (Å²) in [7, 11) is 0. The third kappa shape index (κ3) is 3.57. The van der Waals surface area contributed by atoms with E-state index in [1.165, 1.54) is 34.2 Å². The third-order valence-electron chi connectivity index (χ3n) is 5.65. The molecule has 10 heteroatoms. The molecule has 0 saturated carbocycles. The standard InChI is InChI=1S/C21H20FN5O3S/c22-14-4-1-3-13(11-14)16(26-8-6-12(7-9-26)18(23)28)17-20(29)27-21(31-17)24-19(25-27)15-5-2-10-30-15/h1-5,10-12,16,29H,6-9H2,(H2,23,28)/t16-/m0/s1. The number of likely N-dealkylation sites (tertiary alicyclic amines) is 1. The van der Waals surface area contributed by atoms with E-state index in [1.54, 1.807) is 18.2 Å². The van der Waals surface area contributed by atoms with Gasteiger partial charge in [0.2, 0.25) is 22.6 Å². The van der Waals surface area contributed by atoms with Gasteiger partial charge in [-0.15, -0.1) is 5.10 Å². The van der Waals surface area contributed by atoms with Crippen LogP contribution in [0.1, 0.15) is 29.3 Å². The van der Waals surface area contributed by atoms with Crippen molar-refractivity contribution in [1.29, 1.82) is 0 Å². The van der Waals surface area contributed by atoms with E-state index < -0.39 is 6.04 Å². The maximum atomic E-state index is 14.1. The predicted molar refractivity (Wildman–Crippen MR) is 112 cm³/mol. The van der Waals surface area contributed by atoms with Crippen LogP contribution in [0.25, 0.3) is 16.5 Å². The van der Waals surface area contributed by atoms with Gasteiger partial charge in [0.15, 0.2) is 5.76 Å². The average molecular weight is 441 g/mol. The van der Waals surface area contributed by atoms with Crippen molar-refractivity contribution in [2.45, 2.75) is 18.9 Å². The molecule has 1 saturated heterocycles. The molecule has 3 N–H and O–H groups in total. The molecule has 1 aromatic carbocycles. The number of benzene rings is 1. The van der Waals surface area contributed by atoms with E-state index in [-0.39, 0.29) is 23.5 Å². The van der Waals surface area contributed by atoms with E-state index in [1.807, 2.05) is 6.07 Å². The number of nitrogens with two attached hydrogens (primary N) is 1. The maximum absolute atomic E-state index is 14.1. The Morgan fingerprint density at radius 2 is 2.10 bits per heavy atom. The highest BCUT2D eigenvalue weighted by Gasteiger charge is 2.33. The van der Waals surface area contributed by atoms with Crippen LogP contribution in [0.2, 0.25) is 0 Å². The van der Waals surface area contributed by atoms with Gasteiger partial charge in [0, 0.05) is 5.92 Å². The number of thiazole rings is 1. The normalized spacial score (nSPS) is 16.7. The molecular formula is C21H20FN5O3S. The third-order valence-corrected chi connectivity index (χ3v) is 6.72. The summed E-state index contributed by atoms with van der Waals surface area (Å²) in [4.78, 5) is 19.3. The zero-order valence-electron chi connectivity index (χ0n) is 16.4. The quantitative estimate of drug-likeness (QED) is 0.492. The van der Waals surface area contributed by atoms with Crippen LogP contribution in [0, 0.1) is 11.7 Å². The van der Waals surface area contributed by atoms with Crippen molar-refractivity contribution in [3.8, 4) is 17.5 Å². The number of aromatic nitrogens is 3. The molecule has 5 rings (SSSR count). The number of hydrogen-bond donors (Lipinski definition) is 2. The minimum Gasteiger partial charge on any atom is -0.492 e. The molecule has 0 spiro atoms. The Bertz CT molecular complexity index is 1230. The van der Waals surface area contributed by atoms with Crippen LogP contribution < -0.4 is 5.73 Å². The van der Waals surface area contributed by atoms with Gasteiger partial charge in [0.1, 0.15) is 5.82 Å². The number of nitrogens with zero attached hydrogens (tertiary/aromatic N) is 4. The Morgan fingerprint density at radius 1 is 1.29 bits per heavy atom. The number of rotatable bonds is 5. The number of carbonyl (C=O) groups excluding carboxylic acids is 1. The molecule has 1 aliphatic heterocycles. The zero-order valence-corrected chi connectivity index (χ0v) is 17.3. The van der Waals surface area contributed by atoms with Gasteiger partial charge < -0.3 is 15.3 Å². The first-order valence-corrected chi connectivity index (χ1v) is 10.7. The predicted octanol–water partition coefficient (Wildman–Crippen LogP) is 3.18. The minimum atomic E-state index is -0.398. The number of amides is 1. The number of halogens is 1. The first-order chi connectivity index (χ1) is 15.0. The highest BCUT2D eigenvalue weighted by Crippen LogP contribution is 2.41. The molecule has 31 heavy (non-hydrogen) atoms. The van der Waals surface area contributed by atoms with Crippen molar-refractivity contribution in [1.82, 2.24) is 19.5 Å². The summed E-state index contributed by atoms with van der Waals surface area (Å²) in [5.41, 5.74) is 6.19. The number of piperidine rings is 1. The van der Waals surface area contributed by atoms with Gasteiger partial charge in [-0.1, -0.05) is 23.5 Å². The van der Waals surface area contributed by atoms with Crippen molar-refractivity contribution in [3.63, 3.8) is 0 Å². The molecule has 1 fully saturated rings. The van der Waals surface area contributed by atoms with Gasteiger partial charge >= 0.3 is 0 Å². The lowest BCUT2D eigenvalue weighted by Gasteiger charge is -2.36. The van der Waals surface area contributed by atoms with Gasteiger partial charge in [-0.05, 0) is 55.8 Å². The van der Waals surface area contributed by atoms with Crippen LogP contribution in [-0.2, 0) is 4.79 Å². The van der Waals surface area contributed by atoms with E-state index in [2.05, 4.69) is 15.0 Å². The number of fused-ring (bicyclic) bond motifs is 1. The van der Waals surface area contributed by atoms with Gasteiger partial charge in [0.25, 0.3) is 0 Å². The molecule has 0 radical (unpaired) electrons. The van der Waals surface area contributed by atoms with E-state index in [4.69, 9.17) is 10.2 Å². The summed E-state index contributed by atoms with van der Waals surface area (Å²) in [5.74, 6) is 0.0186. The molecule has 3 aromatic heterocycles. The van der Waals surface area contributed by atoms with E-state index in [0.717, 1.165) is 0 Å². The lowest BCUT2D eigenvalue weighted by atomic mass is 9.93. The first kappa shape index (κ1) is 19.7. The fraction of sp³-hybridized carbons (Fsp3) is 0.286. The topological polar surface area (TPSA) is 110 Å². The molecule has 1 amide bonds. The highest BCUT2D eigenvalue weighted by atomic mass is 32.1. The first-order valence-electron chi connectivity index (χ1n) is 9.92. The molecule has 1 atom stereocenters. The molecule has 4 aromatic rings. The summed E-state index contributed by atoms with van der Waals surface area (Å²) in [6.45, 7) is 1.19. The van der Waals surface area contributed by atoms with Crippen LogP contribution >= 0.6 is 11.3 Å².